The molecule has 3 rings (SSSR count). The molecule has 3 aromatic rings. The number of hydrogen-bond donors (Lipinski definition) is 3. The summed E-state index contributed by atoms with van der Waals surface area (Å²) in [5.74, 6) is -2.95. The number of H-pyrrole nitrogens is 1. The van der Waals surface area contributed by atoms with E-state index in [0.29, 0.717) is 22.2 Å². The maximum absolute atomic E-state index is 14.2. The lowest BCUT2D eigenvalue weighted by Crippen LogP contribution is -2.39. The highest BCUT2D eigenvalue weighted by molar-refractivity contribution is 5.91. The Morgan fingerprint density at radius 2 is 1.73 bits per heavy atom. The van der Waals surface area contributed by atoms with Gasteiger partial charge >= 0.3 is 6.03 Å². The van der Waals surface area contributed by atoms with Gasteiger partial charge in [-0.15, -0.1) is 0 Å². The zero-order valence-corrected chi connectivity index (χ0v) is 16.0. The van der Waals surface area contributed by atoms with E-state index in [0.717, 1.165) is 6.07 Å². The van der Waals surface area contributed by atoms with E-state index in [4.69, 9.17) is 0 Å². The van der Waals surface area contributed by atoms with Gasteiger partial charge in [-0.05, 0) is 47.9 Å². The van der Waals surface area contributed by atoms with E-state index in [1.165, 1.54) is 37.3 Å². The maximum Gasteiger partial charge on any atom is 0.314 e. The molecule has 1 aromatic heterocycles. The Labute approximate surface area is 169 Å². The van der Waals surface area contributed by atoms with Crippen molar-refractivity contribution in [2.45, 2.75) is 19.8 Å². The molecule has 0 aliphatic carbocycles. The van der Waals surface area contributed by atoms with E-state index in [1.54, 1.807) is 0 Å². The number of fused-ring (bicyclic) bond motifs is 1. The molecule has 4 nitrogen and oxygen atoms in total. The minimum Gasteiger partial charge on any atom is -0.352 e. The van der Waals surface area contributed by atoms with Crippen LogP contribution in [0.4, 0.5) is 26.7 Å². The monoisotopic (exact) mass is 425 g/mol. The van der Waals surface area contributed by atoms with E-state index >= 15 is 0 Å². The van der Waals surface area contributed by atoms with Gasteiger partial charge in [0.25, 0.3) is 0 Å². The highest BCUT2D eigenvalue weighted by atomic mass is 19.3. The van der Waals surface area contributed by atoms with Crippen molar-refractivity contribution in [3.8, 4) is 11.3 Å². The summed E-state index contributed by atoms with van der Waals surface area (Å²) in [6.07, 6.45) is -2.34. The molecule has 160 valence electrons. The number of amides is 2. The van der Waals surface area contributed by atoms with Crippen molar-refractivity contribution in [2.75, 3.05) is 13.1 Å². The van der Waals surface area contributed by atoms with Crippen LogP contribution in [-0.2, 0) is 6.42 Å². The van der Waals surface area contributed by atoms with Crippen LogP contribution in [0.5, 0.6) is 0 Å². The van der Waals surface area contributed by atoms with Crippen molar-refractivity contribution in [2.24, 2.45) is 5.92 Å². The third-order valence-electron chi connectivity index (χ3n) is 4.74. The van der Waals surface area contributed by atoms with Gasteiger partial charge in [-0.1, -0.05) is 6.92 Å². The van der Waals surface area contributed by atoms with Gasteiger partial charge in [0.1, 0.15) is 17.5 Å². The normalized spacial score (nSPS) is 12.4. The van der Waals surface area contributed by atoms with Crippen molar-refractivity contribution >= 4 is 16.9 Å². The average molecular weight is 425 g/mol. The SMILES string of the molecule is CC(CNC(=O)NCCc1c(-c2ccc(F)cc2)[nH]c2c(F)cc(F)cc12)C(F)F. The molecule has 0 aliphatic heterocycles. The van der Waals surface area contributed by atoms with Crippen LogP contribution < -0.4 is 10.6 Å². The first-order chi connectivity index (χ1) is 14.3. The number of aromatic amines is 1. The van der Waals surface area contributed by atoms with Gasteiger partial charge < -0.3 is 15.6 Å². The topological polar surface area (TPSA) is 56.9 Å². The summed E-state index contributed by atoms with van der Waals surface area (Å²) in [5, 5.41) is 5.20. The second-order valence-corrected chi connectivity index (χ2v) is 6.99. The molecule has 0 bridgehead atoms. The Hall–Kier alpha value is -3.10. The van der Waals surface area contributed by atoms with E-state index in [1.807, 2.05) is 0 Å². The average Bonchev–Trinajstić information content (AvgIpc) is 3.05. The lowest BCUT2D eigenvalue weighted by molar-refractivity contribution is 0.0872. The lowest BCUT2D eigenvalue weighted by atomic mass is 10.0. The minimum atomic E-state index is -2.54. The predicted molar refractivity (Wildman–Crippen MR) is 104 cm³/mol. The molecule has 0 saturated carbocycles. The van der Waals surface area contributed by atoms with Crippen LogP contribution in [0.1, 0.15) is 12.5 Å². The van der Waals surface area contributed by atoms with Crippen LogP contribution in [0.25, 0.3) is 22.2 Å². The summed E-state index contributed by atoms with van der Waals surface area (Å²) >= 11 is 0. The zero-order valence-electron chi connectivity index (χ0n) is 16.0. The Bertz CT molecular complexity index is 1030. The van der Waals surface area contributed by atoms with Crippen LogP contribution in [0.3, 0.4) is 0 Å². The highest BCUT2D eigenvalue weighted by Gasteiger charge is 2.18. The molecule has 1 atom stereocenters. The fraction of sp³-hybridized carbons (Fsp3) is 0.286. The molecule has 2 aromatic carbocycles. The number of rotatable bonds is 7. The number of urea groups is 1. The molecule has 0 saturated heterocycles. The van der Waals surface area contributed by atoms with Crippen molar-refractivity contribution in [3.63, 3.8) is 0 Å². The fourth-order valence-corrected chi connectivity index (χ4v) is 3.10. The molecule has 3 N–H and O–H groups in total. The zero-order chi connectivity index (χ0) is 21.8. The second-order valence-electron chi connectivity index (χ2n) is 6.99. The molecule has 0 aliphatic rings. The van der Waals surface area contributed by atoms with Crippen molar-refractivity contribution in [3.05, 3.63) is 59.4 Å². The Morgan fingerprint density at radius 1 is 1.03 bits per heavy atom. The minimum absolute atomic E-state index is 0.0914. The van der Waals surface area contributed by atoms with Gasteiger partial charge in [0, 0.05) is 36.2 Å². The third kappa shape index (κ3) is 4.90. The summed E-state index contributed by atoms with van der Waals surface area (Å²) in [6, 6.07) is 6.82. The summed E-state index contributed by atoms with van der Waals surface area (Å²) in [4.78, 5) is 14.7. The second kappa shape index (κ2) is 9.15. The van der Waals surface area contributed by atoms with Crippen LogP contribution in [0.15, 0.2) is 36.4 Å². The number of nitrogens with one attached hydrogen (secondary N) is 3. The van der Waals surface area contributed by atoms with Crippen molar-refractivity contribution in [1.82, 2.24) is 15.6 Å². The molecule has 9 heteroatoms. The molecule has 0 fully saturated rings. The van der Waals surface area contributed by atoms with E-state index in [9.17, 15) is 26.7 Å². The Balaban J connectivity index is 1.80. The van der Waals surface area contributed by atoms with Gasteiger partial charge in [-0.2, -0.15) is 0 Å². The number of carbonyl (C=O) groups excluding carboxylic acids is 1. The van der Waals surface area contributed by atoms with Crippen molar-refractivity contribution < 1.29 is 26.7 Å². The first-order valence-electron chi connectivity index (χ1n) is 9.31. The smallest absolute Gasteiger partial charge is 0.314 e. The van der Waals surface area contributed by atoms with Gasteiger partial charge in [0.05, 0.1) is 5.52 Å². The van der Waals surface area contributed by atoms with E-state index in [-0.39, 0.29) is 25.0 Å². The van der Waals surface area contributed by atoms with Crippen molar-refractivity contribution in [1.29, 1.82) is 0 Å². The summed E-state index contributed by atoms with van der Waals surface area (Å²) in [7, 11) is 0. The summed E-state index contributed by atoms with van der Waals surface area (Å²) < 4.78 is 66.3. The largest absolute Gasteiger partial charge is 0.352 e. The molecule has 30 heavy (non-hydrogen) atoms. The quantitative estimate of drug-likeness (QED) is 0.459. The van der Waals surface area contributed by atoms with E-state index in [2.05, 4.69) is 15.6 Å². The standard InChI is InChI=1S/C21H20F5N3O/c1-11(20(25)26)10-28-21(30)27-7-6-15-16-8-14(23)9-17(24)19(16)29-18(15)12-2-4-13(22)5-3-12/h2-5,8-9,11,20,29H,6-7,10H2,1H3,(H2,27,28,30). The van der Waals surface area contributed by atoms with Crippen LogP contribution in [0.2, 0.25) is 0 Å². The van der Waals surface area contributed by atoms with Gasteiger partial charge in [0.15, 0.2) is 0 Å². The molecule has 1 unspecified atom stereocenters. The summed E-state index contributed by atoms with van der Waals surface area (Å²) in [5.41, 5.74) is 1.68. The first-order valence-corrected chi connectivity index (χ1v) is 9.31. The first kappa shape index (κ1) is 21.6. The number of benzene rings is 2. The van der Waals surface area contributed by atoms with Gasteiger partial charge in [-0.3, -0.25) is 0 Å². The number of alkyl halides is 2. The maximum atomic E-state index is 14.2. The Kier molecular flexibility index (Phi) is 6.59. The van der Waals surface area contributed by atoms with Crippen LogP contribution >= 0.6 is 0 Å². The third-order valence-corrected chi connectivity index (χ3v) is 4.74. The number of carbonyl (C=O) groups is 1. The predicted octanol–water partition coefficient (Wildman–Crippen LogP) is 5.00. The number of aromatic nitrogens is 1. The molecular weight excluding hydrogens is 405 g/mol. The lowest BCUT2D eigenvalue weighted by Gasteiger charge is -2.12. The highest BCUT2D eigenvalue weighted by Crippen LogP contribution is 2.32. The Morgan fingerprint density at radius 3 is 2.40 bits per heavy atom. The van der Waals surface area contributed by atoms with Gasteiger partial charge in [0.2, 0.25) is 6.43 Å². The van der Waals surface area contributed by atoms with E-state index < -0.39 is 35.8 Å². The molecule has 1 heterocycles. The fourth-order valence-electron chi connectivity index (χ4n) is 3.10. The van der Waals surface area contributed by atoms with Crippen LogP contribution in [0, 0.1) is 23.4 Å². The molecular formula is C21H20F5N3O. The summed E-state index contributed by atoms with van der Waals surface area (Å²) in [6.45, 7) is 1.22. The van der Waals surface area contributed by atoms with Gasteiger partial charge in [-0.25, -0.2) is 26.7 Å². The molecule has 0 spiro atoms. The number of halogens is 5. The van der Waals surface area contributed by atoms with Crippen LogP contribution in [-0.4, -0.2) is 30.5 Å². The number of hydrogen-bond acceptors (Lipinski definition) is 1. The molecule has 2 amide bonds. The molecule has 0 radical (unpaired) electrons.